The smallest absolute Gasteiger partial charge is 0.265 e. The molecule has 1 aliphatic heterocycles. The number of carbonyl (C=O) groups excluding carboxylic acids is 1. The lowest BCUT2D eigenvalue weighted by Crippen LogP contribution is -2.39. The molecule has 0 atom stereocenters. The van der Waals surface area contributed by atoms with Crippen LogP contribution >= 0.6 is 0 Å². The third-order valence-electron chi connectivity index (χ3n) is 2.26. The summed E-state index contributed by atoms with van der Waals surface area (Å²) < 4.78 is 5.32. The summed E-state index contributed by atoms with van der Waals surface area (Å²) in [4.78, 5) is 13.3. The van der Waals surface area contributed by atoms with Crippen LogP contribution in [0.1, 0.15) is 27.2 Å². The Labute approximate surface area is 97.0 Å². The van der Waals surface area contributed by atoms with E-state index in [1.807, 2.05) is 38.1 Å². The summed E-state index contributed by atoms with van der Waals surface area (Å²) in [7, 11) is 0. The van der Waals surface area contributed by atoms with E-state index < -0.39 is 0 Å². The maximum Gasteiger partial charge on any atom is 0.265 e. The summed E-state index contributed by atoms with van der Waals surface area (Å²) in [5.74, 6) is 0.853. The van der Waals surface area contributed by atoms with Crippen molar-refractivity contribution in [1.82, 2.24) is 0 Å². The van der Waals surface area contributed by atoms with E-state index in [2.05, 4.69) is 6.92 Å². The first-order valence-corrected chi connectivity index (χ1v) is 5.85. The van der Waals surface area contributed by atoms with Crippen molar-refractivity contribution in [1.29, 1.82) is 0 Å². The quantitative estimate of drug-likeness (QED) is 0.768. The summed E-state index contributed by atoms with van der Waals surface area (Å²) in [5, 5.41) is 0. The number of amides is 1. The highest BCUT2D eigenvalue weighted by atomic mass is 16.5. The average molecular weight is 221 g/mol. The van der Waals surface area contributed by atoms with Gasteiger partial charge in [-0.05, 0) is 18.6 Å². The van der Waals surface area contributed by atoms with Crippen molar-refractivity contribution >= 4 is 11.6 Å². The van der Waals surface area contributed by atoms with E-state index in [1.54, 1.807) is 4.90 Å². The molecule has 88 valence electrons. The molecule has 1 aromatic carbocycles. The second kappa shape index (κ2) is 6.16. The van der Waals surface area contributed by atoms with E-state index in [9.17, 15) is 4.79 Å². The van der Waals surface area contributed by atoms with Crippen LogP contribution in [-0.2, 0) is 4.79 Å². The lowest BCUT2D eigenvalue weighted by atomic mass is 10.2. The monoisotopic (exact) mass is 221 g/mol. The molecule has 1 amide bonds. The molecule has 3 heteroatoms. The first-order chi connectivity index (χ1) is 7.83. The van der Waals surface area contributed by atoms with Crippen molar-refractivity contribution < 1.29 is 9.53 Å². The van der Waals surface area contributed by atoms with Gasteiger partial charge in [0.05, 0.1) is 5.69 Å². The summed E-state index contributed by atoms with van der Waals surface area (Å²) in [6, 6.07) is 7.65. The topological polar surface area (TPSA) is 29.5 Å². The number of hydrogen-bond donors (Lipinski definition) is 0. The molecular weight excluding hydrogens is 202 g/mol. The van der Waals surface area contributed by atoms with Gasteiger partial charge in [0, 0.05) is 6.54 Å². The molecule has 0 saturated heterocycles. The van der Waals surface area contributed by atoms with Crippen LogP contribution in [0.15, 0.2) is 24.3 Å². The molecule has 3 nitrogen and oxygen atoms in total. The number of hydrogen-bond acceptors (Lipinski definition) is 2. The zero-order valence-electron chi connectivity index (χ0n) is 10.2. The lowest BCUT2D eigenvalue weighted by Gasteiger charge is -2.28. The lowest BCUT2D eigenvalue weighted by molar-refractivity contribution is -0.121. The Morgan fingerprint density at radius 2 is 2.00 bits per heavy atom. The van der Waals surface area contributed by atoms with E-state index in [-0.39, 0.29) is 12.5 Å². The van der Waals surface area contributed by atoms with Crippen LogP contribution in [0, 0.1) is 0 Å². The molecule has 0 N–H and O–H groups in total. The fraction of sp³-hybridized carbons (Fsp3) is 0.462. The second-order valence-corrected chi connectivity index (χ2v) is 3.30. The van der Waals surface area contributed by atoms with Crippen LogP contribution < -0.4 is 9.64 Å². The highest BCUT2D eigenvalue weighted by Crippen LogP contribution is 2.31. The van der Waals surface area contributed by atoms with Crippen LogP contribution in [0.2, 0.25) is 0 Å². The predicted octanol–water partition coefficient (Wildman–Crippen LogP) is 2.85. The summed E-state index contributed by atoms with van der Waals surface area (Å²) in [5.41, 5.74) is 0.894. The third kappa shape index (κ3) is 2.54. The number of para-hydroxylation sites is 2. The van der Waals surface area contributed by atoms with Gasteiger partial charge in [0.2, 0.25) is 0 Å². The van der Waals surface area contributed by atoms with Crippen molar-refractivity contribution in [2.45, 2.75) is 27.2 Å². The Balaban J connectivity index is 0.000000606. The van der Waals surface area contributed by atoms with Crippen LogP contribution in [-0.4, -0.2) is 19.1 Å². The number of anilines is 1. The van der Waals surface area contributed by atoms with E-state index in [4.69, 9.17) is 4.74 Å². The minimum Gasteiger partial charge on any atom is -0.482 e. The minimum atomic E-state index is 0.0468. The van der Waals surface area contributed by atoms with Gasteiger partial charge in [0.25, 0.3) is 5.91 Å². The number of nitrogens with zero attached hydrogens (tertiary/aromatic N) is 1. The van der Waals surface area contributed by atoms with Gasteiger partial charge in [-0.25, -0.2) is 0 Å². The third-order valence-corrected chi connectivity index (χ3v) is 2.26. The van der Waals surface area contributed by atoms with E-state index in [0.717, 1.165) is 24.4 Å². The van der Waals surface area contributed by atoms with Crippen molar-refractivity contribution in [3.05, 3.63) is 24.3 Å². The molecule has 0 aromatic heterocycles. The first-order valence-electron chi connectivity index (χ1n) is 5.85. The molecule has 0 bridgehead atoms. The van der Waals surface area contributed by atoms with E-state index in [0.29, 0.717) is 0 Å². The van der Waals surface area contributed by atoms with Gasteiger partial charge in [-0.3, -0.25) is 4.79 Å². The Hall–Kier alpha value is -1.51. The Kier molecular flexibility index (Phi) is 4.83. The van der Waals surface area contributed by atoms with Gasteiger partial charge in [0.15, 0.2) is 6.61 Å². The van der Waals surface area contributed by atoms with Gasteiger partial charge in [-0.15, -0.1) is 0 Å². The van der Waals surface area contributed by atoms with Gasteiger partial charge in [-0.2, -0.15) is 0 Å². The molecule has 2 rings (SSSR count). The number of ether oxygens (including phenoxy) is 1. The number of fused-ring (bicyclic) bond motifs is 1. The molecule has 0 radical (unpaired) electrons. The summed E-state index contributed by atoms with van der Waals surface area (Å²) >= 11 is 0. The van der Waals surface area contributed by atoms with Crippen LogP contribution in [0.4, 0.5) is 5.69 Å². The van der Waals surface area contributed by atoms with Crippen LogP contribution in [0.3, 0.4) is 0 Å². The molecule has 0 unspecified atom stereocenters. The number of benzene rings is 1. The molecule has 0 saturated carbocycles. The minimum absolute atomic E-state index is 0.0468. The maximum atomic E-state index is 11.5. The van der Waals surface area contributed by atoms with E-state index >= 15 is 0 Å². The first kappa shape index (κ1) is 12.6. The predicted molar refractivity (Wildman–Crippen MR) is 65.9 cm³/mol. The SMILES string of the molecule is CC.CCCN1C(=O)COc2ccccc21. The Bertz CT molecular complexity index is 350. The van der Waals surface area contributed by atoms with Crippen molar-refractivity contribution in [2.75, 3.05) is 18.1 Å². The molecule has 16 heavy (non-hydrogen) atoms. The normalized spacial score (nSPS) is 13.4. The fourth-order valence-corrected chi connectivity index (χ4v) is 1.62. The van der Waals surface area contributed by atoms with Crippen LogP contribution in [0.5, 0.6) is 5.75 Å². The Morgan fingerprint density at radius 3 is 2.69 bits per heavy atom. The maximum absolute atomic E-state index is 11.5. The fourth-order valence-electron chi connectivity index (χ4n) is 1.62. The number of rotatable bonds is 2. The van der Waals surface area contributed by atoms with Gasteiger partial charge < -0.3 is 9.64 Å². The van der Waals surface area contributed by atoms with Gasteiger partial charge in [-0.1, -0.05) is 32.9 Å². The van der Waals surface area contributed by atoms with Crippen molar-refractivity contribution in [3.8, 4) is 5.75 Å². The largest absolute Gasteiger partial charge is 0.482 e. The second-order valence-electron chi connectivity index (χ2n) is 3.30. The molecule has 1 heterocycles. The van der Waals surface area contributed by atoms with Gasteiger partial charge >= 0.3 is 0 Å². The Morgan fingerprint density at radius 1 is 1.31 bits per heavy atom. The molecule has 0 aliphatic carbocycles. The highest BCUT2D eigenvalue weighted by Gasteiger charge is 2.23. The van der Waals surface area contributed by atoms with Crippen LogP contribution in [0.25, 0.3) is 0 Å². The summed E-state index contributed by atoms with van der Waals surface area (Å²) in [6.07, 6.45) is 0.958. The highest BCUT2D eigenvalue weighted by molar-refractivity contribution is 5.97. The van der Waals surface area contributed by atoms with Gasteiger partial charge in [0.1, 0.15) is 5.75 Å². The average Bonchev–Trinajstić information content (AvgIpc) is 2.35. The van der Waals surface area contributed by atoms with Crippen molar-refractivity contribution in [3.63, 3.8) is 0 Å². The molecule has 0 fully saturated rings. The standard InChI is InChI=1S/C11H13NO2.C2H6/c1-2-7-12-9-5-3-4-6-10(9)14-8-11(12)13;1-2/h3-6H,2,7-8H2,1H3;1-2H3. The van der Waals surface area contributed by atoms with Crippen molar-refractivity contribution in [2.24, 2.45) is 0 Å². The molecule has 1 aliphatic rings. The zero-order chi connectivity index (χ0) is 12.0. The van der Waals surface area contributed by atoms with E-state index in [1.165, 1.54) is 0 Å². The molecule has 1 aromatic rings. The zero-order valence-corrected chi connectivity index (χ0v) is 10.2. The molecule has 0 spiro atoms. The summed E-state index contributed by atoms with van der Waals surface area (Å²) in [6.45, 7) is 6.99. The number of carbonyl (C=O) groups is 1. The molecular formula is C13H19NO2.